The minimum absolute atomic E-state index is 0.0928. The van der Waals surface area contributed by atoms with Crippen molar-refractivity contribution in [1.82, 2.24) is 0 Å². The number of allylic oxidation sites excluding steroid dienone is 14. The summed E-state index contributed by atoms with van der Waals surface area (Å²) in [6.07, 6.45) is 74.2. The molecule has 0 amide bonds. The highest BCUT2D eigenvalue weighted by atomic mass is 16.6. The topological polar surface area (TPSA) is 78.9 Å². The number of esters is 3. The van der Waals surface area contributed by atoms with Crippen LogP contribution in [-0.4, -0.2) is 37.2 Å². The van der Waals surface area contributed by atoms with Crippen LogP contribution in [0, 0.1) is 0 Å². The molecule has 0 bridgehead atoms. The number of hydrogen-bond acceptors (Lipinski definition) is 6. The van der Waals surface area contributed by atoms with Crippen LogP contribution >= 0.6 is 0 Å². The normalized spacial score (nSPS) is 12.7. The first-order valence-electron chi connectivity index (χ1n) is 29.1. The summed E-state index contributed by atoms with van der Waals surface area (Å²) in [5.41, 5.74) is 0. The van der Waals surface area contributed by atoms with Crippen molar-refractivity contribution in [2.24, 2.45) is 0 Å². The molecule has 0 aliphatic rings. The van der Waals surface area contributed by atoms with E-state index in [9.17, 15) is 14.4 Å². The van der Waals surface area contributed by atoms with E-state index in [4.69, 9.17) is 14.2 Å². The summed E-state index contributed by atoms with van der Waals surface area (Å²) < 4.78 is 16.9. The van der Waals surface area contributed by atoms with E-state index in [2.05, 4.69) is 106 Å². The lowest BCUT2D eigenvalue weighted by molar-refractivity contribution is -0.167. The summed E-state index contributed by atoms with van der Waals surface area (Å²) in [6, 6.07) is 0. The SMILES string of the molecule is CCCCC/C=C\C/C=C\C/C=C\CCCCCCC(=O)OC[C@H](COC(=O)CCCCCCC/C=C\C/C=C\CCCCC)OC(=O)CCCCCCCCCCC/C=C\C/C=C\CCCCC. The van der Waals surface area contributed by atoms with Gasteiger partial charge < -0.3 is 14.2 Å². The molecule has 1 atom stereocenters. The van der Waals surface area contributed by atoms with Crippen molar-refractivity contribution < 1.29 is 28.6 Å². The van der Waals surface area contributed by atoms with Gasteiger partial charge >= 0.3 is 17.9 Å². The Bertz CT molecular complexity index is 1330. The Labute approximate surface area is 426 Å². The lowest BCUT2D eigenvalue weighted by Gasteiger charge is -2.18. The van der Waals surface area contributed by atoms with E-state index < -0.39 is 6.10 Å². The maximum Gasteiger partial charge on any atom is 0.306 e. The molecule has 396 valence electrons. The zero-order valence-corrected chi connectivity index (χ0v) is 45.3. The fourth-order valence-electron chi connectivity index (χ4n) is 7.92. The Morgan fingerprint density at radius 3 is 0.812 bits per heavy atom. The quantitative estimate of drug-likeness (QED) is 0.0262. The van der Waals surface area contributed by atoms with Crippen LogP contribution in [0.2, 0.25) is 0 Å². The van der Waals surface area contributed by atoms with Gasteiger partial charge in [-0.3, -0.25) is 14.4 Å². The van der Waals surface area contributed by atoms with E-state index in [1.165, 1.54) is 122 Å². The van der Waals surface area contributed by atoms with Gasteiger partial charge in [-0.05, 0) is 122 Å². The number of rotatable bonds is 52. The van der Waals surface area contributed by atoms with E-state index >= 15 is 0 Å². The third-order valence-corrected chi connectivity index (χ3v) is 12.3. The van der Waals surface area contributed by atoms with Crippen molar-refractivity contribution in [3.8, 4) is 0 Å². The van der Waals surface area contributed by atoms with Gasteiger partial charge in [0, 0.05) is 19.3 Å². The van der Waals surface area contributed by atoms with E-state index in [1.807, 2.05) is 0 Å². The Morgan fingerprint density at radius 2 is 0.522 bits per heavy atom. The molecule has 0 saturated carbocycles. The molecule has 0 saturated heterocycles. The lowest BCUT2D eigenvalue weighted by Crippen LogP contribution is -2.30. The maximum atomic E-state index is 12.9. The van der Waals surface area contributed by atoms with Crippen LogP contribution in [0.5, 0.6) is 0 Å². The highest BCUT2D eigenvalue weighted by Gasteiger charge is 2.19. The van der Waals surface area contributed by atoms with Crippen molar-refractivity contribution in [2.75, 3.05) is 13.2 Å². The van der Waals surface area contributed by atoms with Gasteiger partial charge in [-0.1, -0.05) is 221 Å². The van der Waals surface area contributed by atoms with Gasteiger partial charge in [0.25, 0.3) is 0 Å². The predicted molar refractivity (Wildman–Crippen MR) is 297 cm³/mol. The molecule has 0 rings (SSSR count). The van der Waals surface area contributed by atoms with Gasteiger partial charge in [-0.25, -0.2) is 0 Å². The third kappa shape index (κ3) is 55.4. The second-order valence-electron chi connectivity index (χ2n) is 19.2. The van der Waals surface area contributed by atoms with E-state index in [0.29, 0.717) is 19.3 Å². The fraction of sp³-hybridized carbons (Fsp3) is 0.730. The van der Waals surface area contributed by atoms with Crippen LogP contribution in [0.4, 0.5) is 0 Å². The first-order valence-corrected chi connectivity index (χ1v) is 29.1. The van der Waals surface area contributed by atoms with Gasteiger partial charge in [-0.15, -0.1) is 0 Å². The van der Waals surface area contributed by atoms with Gasteiger partial charge in [-0.2, -0.15) is 0 Å². The minimum Gasteiger partial charge on any atom is -0.462 e. The first-order chi connectivity index (χ1) is 34.0. The van der Waals surface area contributed by atoms with Gasteiger partial charge in [0.2, 0.25) is 0 Å². The maximum absolute atomic E-state index is 12.9. The summed E-state index contributed by atoms with van der Waals surface area (Å²) in [5.74, 6) is -0.926. The highest BCUT2D eigenvalue weighted by Crippen LogP contribution is 2.15. The largest absolute Gasteiger partial charge is 0.462 e. The summed E-state index contributed by atoms with van der Waals surface area (Å²) in [4.78, 5) is 38.2. The first kappa shape index (κ1) is 65.6. The summed E-state index contributed by atoms with van der Waals surface area (Å²) in [6.45, 7) is 6.54. The molecule has 0 unspecified atom stereocenters. The molecule has 0 radical (unpaired) electrons. The molecule has 0 N–H and O–H groups in total. The van der Waals surface area contributed by atoms with Crippen LogP contribution < -0.4 is 0 Å². The molecule has 0 aliphatic carbocycles. The number of hydrogen-bond donors (Lipinski definition) is 0. The molecule has 0 aliphatic heterocycles. The summed E-state index contributed by atoms with van der Waals surface area (Å²) >= 11 is 0. The zero-order chi connectivity index (χ0) is 50.0. The van der Waals surface area contributed by atoms with Crippen LogP contribution in [0.1, 0.15) is 278 Å². The van der Waals surface area contributed by atoms with Crippen LogP contribution in [0.25, 0.3) is 0 Å². The van der Waals surface area contributed by atoms with Gasteiger partial charge in [0.1, 0.15) is 13.2 Å². The molecule has 0 spiro atoms. The number of ether oxygens (including phenoxy) is 3. The minimum atomic E-state index is -0.795. The molecule has 6 heteroatoms. The second kappa shape index (κ2) is 57.2. The Hall–Kier alpha value is -3.41. The third-order valence-electron chi connectivity index (χ3n) is 12.3. The lowest BCUT2D eigenvalue weighted by atomic mass is 10.1. The van der Waals surface area contributed by atoms with Crippen molar-refractivity contribution in [2.45, 2.75) is 284 Å². The highest BCUT2D eigenvalue weighted by molar-refractivity contribution is 5.71. The standard InChI is InChI=1S/C63H108O6/c1-4-7-10-13-16-19-22-25-28-30-31-33-36-39-42-45-48-51-54-57-63(66)69-60(58-67-61(64)55-52-49-46-43-40-37-34-27-24-21-18-15-12-9-6-3)59-68-62(65)56-53-50-47-44-41-38-35-32-29-26-23-20-17-14-11-8-5-2/h16-21,25-29,34-35,38,60H,4-15,22-24,30-33,36-37,39-59H2,1-3H3/b19-16-,20-17-,21-18-,28-25-,29-26-,34-27-,38-35-/t60-/m0/s1. The molecule has 6 nitrogen and oxygen atoms in total. The number of unbranched alkanes of at least 4 members (excludes halogenated alkanes) is 27. The molecular formula is C63H108O6. The summed E-state index contributed by atoms with van der Waals surface area (Å²) in [5, 5.41) is 0. The molecule has 0 aromatic rings. The second-order valence-corrected chi connectivity index (χ2v) is 19.2. The van der Waals surface area contributed by atoms with Crippen molar-refractivity contribution >= 4 is 17.9 Å². The van der Waals surface area contributed by atoms with Crippen molar-refractivity contribution in [3.63, 3.8) is 0 Å². The molecule has 0 heterocycles. The average molecular weight is 962 g/mol. The van der Waals surface area contributed by atoms with Crippen LogP contribution in [-0.2, 0) is 28.6 Å². The Balaban J connectivity index is 4.45. The van der Waals surface area contributed by atoms with E-state index in [1.54, 1.807) is 0 Å². The van der Waals surface area contributed by atoms with Crippen LogP contribution in [0.3, 0.4) is 0 Å². The smallest absolute Gasteiger partial charge is 0.306 e. The summed E-state index contributed by atoms with van der Waals surface area (Å²) in [7, 11) is 0. The number of carbonyl (C=O) groups is 3. The zero-order valence-electron chi connectivity index (χ0n) is 45.3. The number of carbonyl (C=O) groups excluding carboxylic acids is 3. The molecule has 0 aromatic carbocycles. The van der Waals surface area contributed by atoms with Crippen molar-refractivity contribution in [1.29, 1.82) is 0 Å². The van der Waals surface area contributed by atoms with Gasteiger partial charge in [0.15, 0.2) is 6.10 Å². The molecular weight excluding hydrogens is 853 g/mol. The van der Waals surface area contributed by atoms with E-state index in [-0.39, 0.29) is 31.1 Å². The fourth-order valence-corrected chi connectivity index (χ4v) is 7.92. The van der Waals surface area contributed by atoms with Gasteiger partial charge in [0.05, 0.1) is 0 Å². The molecule has 0 aromatic heterocycles. The predicted octanol–water partition coefficient (Wildman–Crippen LogP) is 19.5. The molecule has 69 heavy (non-hydrogen) atoms. The monoisotopic (exact) mass is 961 g/mol. The van der Waals surface area contributed by atoms with Crippen molar-refractivity contribution in [3.05, 3.63) is 85.1 Å². The Kier molecular flexibility index (Phi) is 54.3. The Morgan fingerprint density at radius 1 is 0.290 bits per heavy atom. The van der Waals surface area contributed by atoms with E-state index in [0.717, 1.165) is 116 Å². The van der Waals surface area contributed by atoms with Crippen LogP contribution in [0.15, 0.2) is 85.1 Å². The average Bonchev–Trinajstić information content (AvgIpc) is 3.35. The molecule has 0 fully saturated rings.